The number of aromatic amines is 1. The second-order valence-corrected chi connectivity index (χ2v) is 7.58. The van der Waals surface area contributed by atoms with Crippen molar-refractivity contribution >= 4 is 17.6 Å². The summed E-state index contributed by atoms with van der Waals surface area (Å²) in [6.07, 6.45) is 7.28. The van der Waals surface area contributed by atoms with Crippen LogP contribution in [0.15, 0.2) is 30.6 Å². The van der Waals surface area contributed by atoms with Crippen LogP contribution in [-0.2, 0) is 9.53 Å². The molecule has 0 atom stereocenters. The number of amides is 1. The fraction of sp³-hybridized carbons (Fsp3) is 0.476. The predicted molar refractivity (Wildman–Crippen MR) is 106 cm³/mol. The number of hydrogen-bond donors (Lipinski definition) is 1. The third kappa shape index (κ3) is 3.74. The summed E-state index contributed by atoms with van der Waals surface area (Å²) in [5.41, 5.74) is 3.36. The number of aromatic nitrogens is 2. The number of piperidine rings is 1. The average molecular weight is 382 g/mol. The molecule has 1 N–H and O–H groups in total. The lowest BCUT2D eigenvalue weighted by atomic mass is 9.94. The fourth-order valence-corrected chi connectivity index (χ4v) is 4.24. The molecule has 0 saturated carbocycles. The molecular formula is C21H26N4O3. The maximum atomic E-state index is 12.4. The summed E-state index contributed by atoms with van der Waals surface area (Å²) in [5, 5.41) is 6.78. The van der Waals surface area contributed by atoms with Crippen molar-refractivity contribution < 1.29 is 14.3 Å². The molecule has 0 spiro atoms. The van der Waals surface area contributed by atoms with Crippen LogP contribution in [0.5, 0.6) is 0 Å². The normalized spacial score (nSPS) is 18.0. The lowest BCUT2D eigenvalue weighted by molar-refractivity contribution is -0.128. The second-order valence-electron chi connectivity index (χ2n) is 7.58. The monoisotopic (exact) mass is 382 g/mol. The van der Waals surface area contributed by atoms with Crippen molar-refractivity contribution in [3.63, 3.8) is 0 Å². The first kappa shape index (κ1) is 18.5. The number of nitrogens with one attached hydrogen (secondary N) is 1. The number of ether oxygens (including phenoxy) is 1. The molecule has 7 heteroatoms. The van der Waals surface area contributed by atoms with Gasteiger partial charge in [-0.15, -0.1) is 0 Å². The highest BCUT2D eigenvalue weighted by Gasteiger charge is 2.28. The topological polar surface area (TPSA) is 78.5 Å². The highest BCUT2D eigenvalue weighted by Crippen LogP contribution is 2.31. The molecule has 7 nitrogen and oxygen atoms in total. The Morgan fingerprint density at radius 2 is 2.07 bits per heavy atom. The van der Waals surface area contributed by atoms with E-state index in [9.17, 15) is 9.59 Å². The van der Waals surface area contributed by atoms with Crippen LogP contribution in [0.2, 0.25) is 0 Å². The minimum absolute atomic E-state index is 0.297. The summed E-state index contributed by atoms with van der Waals surface area (Å²) in [6, 6.07) is 5.89. The van der Waals surface area contributed by atoms with Gasteiger partial charge in [-0.25, -0.2) is 4.79 Å². The quantitative estimate of drug-likeness (QED) is 0.805. The van der Waals surface area contributed by atoms with E-state index in [0.29, 0.717) is 23.8 Å². The number of esters is 1. The third-order valence-corrected chi connectivity index (χ3v) is 5.84. The molecule has 3 heterocycles. The Labute approximate surface area is 164 Å². The number of carbonyl (C=O) groups excluding carboxylic acids is 2. The SMILES string of the molecule is COC(=O)c1cc(-c2cn[nH]c2)ccc1N1CCC(CN2CCCC2=O)CC1. The number of methoxy groups -OCH3 is 1. The van der Waals surface area contributed by atoms with Gasteiger partial charge in [-0.05, 0) is 42.9 Å². The van der Waals surface area contributed by atoms with Crippen LogP contribution in [0.3, 0.4) is 0 Å². The summed E-state index contributed by atoms with van der Waals surface area (Å²) in [4.78, 5) is 28.6. The summed E-state index contributed by atoms with van der Waals surface area (Å²) >= 11 is 0. The zero-order chi connectivity index (χ0) is 19.5. The van der Waals surface area contributed by atoms with Crippen molar-refractivity contribution in [1.82, 2.24) is 15.1 Å². The lowest BCUT2D eigenvalue weighted by Crippen LogP contribution is -2.39. The molecule has 0 aliphatic carbocycles. The Morgan fingerprint density at radius 1 is 1.25 bits per heavy atom. The van der Waals surface area contributed by atoms with Gasteiger partial charge >= 0.3 is 5.97 Å². The first-order valence-corrected chi connectivity index (χ1v) is 9.90. The van der Waals surface area contributed by atoms with Gasteiger partial charge in [0.1, 0.15) is 0 Å². The molecule has 2 saturated heterocycles. The van der Waals surface area contributed by atoms with Gasteiger partial charge in [0.05, 0.1) is 24.6 Å². The van der Waals surface area contributed by atoms with Crippen molar-refractivity contribution in [2.24, 2.45) is 5.92 Å². The molecule has 148 valence electrons. The lowest BCUT2D eigenvalue weighted by Gasteiger charge is -2.36. The summed E-state index contributed by atoms with van der Waals surface area (Å²) in [6.45, 7) is 3.53. The first-order chi connectivity index (χ1) is 13.7. The van der Waals surface area contributed by atoms with Crippen LogP contribution >= 0.6 is 0 Å². The van der Waals surface area contributed by atoms with Crippen molar-refractivity contribution in [2.75, 3.05) is 38.2 Å². The van der Waals surface area contributed by atoms with Crippen LogP contribution in [0.1, 0.15) is 36.0 Å². The van der Waals surface area contributed by atoms with Crippen LogP contribution in [-0.4, -0.2) is 60.3 Å². The number of rotatable bonds is 5. The zero-order valence-corrected chi connectivity index (χ0v) is 16.2. The van der Waals surface area contributed by atoms with Crippen LogP contribution in [0, 0.1) is 5.92 Å². The molecule has 2 aromatic rings. The van der Waals surface area contributed by atoms with Crippen LogP contribution < -0.4 is 4.90 Å². The van der Waals surface area contributed by atoms with E-state index in [1.807, 2.05) is 23.1 Å². The molecular weight excluding hydrogens is 356 g/mol. The summed E-state index contributed by atoms with van der Waals surface area (Å²) in [7, 11) is 1.41. The highest BCUT2D eigenvalue weighted by molar-refractivity contribution is 5.97. The molecule has 0 bridgehead atoms. The van der Waals surface area contributed by atoms with Gasteiger partial charge in [0.25, 0.3) is 0 Å². The number of hydrogen-bond acceptors (Lipinski definition) is 5. The Bertz CT molecular complexity index is 841. The predicted octanol–water partition coefficient (Wildman–Crippen LogP) is 2.70. The summed E-state index contributed by atoms with van der Waals surface area (Å²) in [5.74, 6) is 0.500. The van der Waals surface area contributed by atoms with Gasteiger partial charge in [-0.1, -0.05) is 6.07 Å². The maximum Gasteiger partial charge on any atom is 0.339 e. The number of benzene rings is 1. The molecule has 28 heavy (non-hydrogen) atoms. The molecule has 1 amide bonds. The molecule has 0 unspecified atom stereocenters. The Hall–Kier alpha value is -2.83. The number of H-pyrrole nitrogens is 1. The molecule has 2 fully saturated rings. The Balaban J connectivity index is 1.48. The van der Waals surface area contributed by atoms with E-state index in [2.05, 4.69) is 15.1 Å². The van der Waals surface area contributed by atoms with Crippen molar-refractivity contribution in [3.05, 3.63) is 36.2 Å². The molecule has 4 rings (SSSR count). The van der Waals surface area contributed by atoms with Gasteiger partial charge < -0.3 is 14.5 Å². The Kier molecular flexibility index (Phi) is 5.32. The van der Waals surface area contributed by atoms with Gasteiger partial charge in [-0.2, -0.15) is 5.10 Å². The van der Waals surface area contributed by atoms with Crippen LogP contribution in [0.4, 0.5) is 5.69 Å². The van der Waals surface area contributed by atoms with E-state index >= 15 is 0 Å². The first-order valence-electron chi connectivity index (χ1n) is 9.90. The largest absolute Gasteiger partial charge is 0.465 e. The van der Waals surface area contributed by atoms with Crippen molar-refractivity contribution in [2.45, 2.75) is 25.7 Å². The van der Waals surface area contributed by atoms with Crippen LogP contribution in [0.25, 0.3) is 11.1 Å². The molecule has 2 aliphatic heterocycles. The smallest absolute Gasteiger partial charge is 0.339 e. The number of carbonyl (C=O) groups is 2. The minimum atomic E-state index is -0.329. The van der Waals surface area contributed by atoms with Gasteiger partial charge in [0.15, 0.2) is 0 Å². The zero-order valence-electron chi connectivity index (χ0n) is 16.2. The van der Waals surface area contributed by atoms with Gasteiger partial charge in [0.2, 0.25) is 5.91 Å². The van der Waals surface area contributed by atoms with E-state index < -0.39 is 0 Å². The van der Waals surface area contributed by atoms with E-state index in [0.717, 1.165) is 62.3 Å². The van der Waals surface area contributed by atoms with Gasteiger partial charge in [0, 0.05) is 44.4 Å². The van der Waals surface area contributed by atoms with Gasteiger partial charge in [-0.3, -0.25) is 9.89 Å². The van der Waals surface area contributed by atoms with E-state index in [1.165, 1.54) is 7.11 Å². The number of anilines is 1. The van der Waals surface area contributed by atoms with E-state index in [1.54, 1.807) is 12.4 Å². The molecule has 1 aromatic heterocycles. The number of nitrogens with zero attached hydrogens (tertiary/aromatic N) is 3. The molecule has 0 radical (unpaired) electrons. The standard InChI is InChI=1S/C21H26N4O3/c1-28-21(27)18-11-16(17-12-22-23-13-17)4-5-19(18)24-9-6-15(7-10-24)14-25-8-2-3-20(25)26/h4-5,11-13,15H,2-3,6-10,14H2,1H3,(H,22,23). The highest BCUT2D eigenvalue weighted by atomic mass is 16.5. The second kappa shape index (κ2) is 8.04. The third-order valence-electron chi connectivity index (χ3n) is 5.84. The van der Waals surface area contributed by atoms with E-state index in [-0.39, 0.29) is 5.97 Å². The molecule has 1 aromatic carbocycles. The summed E-state index contributed by atoms with van der Waals surface area (Å²) < 4.78 is 5.03. The maximum absolute atomic E-state index is 12.4. The van der Waals surface area contributed by atoms with Crippen molar-refractivity contribution in [3.8, 4) is 11.1 Å². The minimum Gasteiger partial charge on any atom is -0.465 e. The number of likely N-dealkylation sites (tertiary alicyclic amines) is 1. The van der Waals surface area contributed by atoms with Crippen molar-refractivity contribution in [1.29, 1.82) is 0 Å². The molecule has 2 aliphatic rings. The Morgan fingerprint density at radius 3 is 2.71 bits per heavy atom. The fourth-order valence-electron chi connectivity index (χ4n) is 4.24. The average Bonchev–Trinajstić information content (AvgIpc) is 3.40. The van der Waals surface area contributed by atoms with E-state index in [4.69, 9.17) is 4.74 Å².